The molecule has 0 fully saturated rings. The molecule has 112 valence electrons. The van der Waals surface area contributed by atoms with Crippen LogP contribution in [-0.2, 0) is 10.0 Å². The number of sulfonamides is 1. The third-order valence-electron chi connectivity index (χ3n) is 2.44. The van der Waals surface area contributed by atoms with E-state index in [-0.39, 0.29) is 35.4 Å². The van der Waals surface area contributed by atoms with Gasteiger partial charge in [-0.25, -0.2) is 18.1 Å². The highest BCUT2D eigenvalue weighted by molar-refractivity contribution is 7.89. The number of rotatable bonds is 7. The van der Waals surface area contributed by atoms with E-state index in [4.69, 9.17) is 0 Å². The van der Waals surface area contributed by atoms with Crippen molar-refractivity contribution in [1.29, 1.82) is 0 Å². The number of hydrogen-bond donors (Lipinski definition) is 3. The van der Waals surface area contributed by atoms with E-state index in [0.29, 0.717) is 0 Å². The molecule has 1 heterocycles. The predicted octanol–water partition coefficient (Wildman–Crippen LogP) is -0.304. The van der Waals surface area contributed by atoms with Crippen LogP contribution in [0.3, 0.4) is 0 Å². The van der Waals surface area contributed by atoms with Crippen LogP contribution in [0.1, 0.15) is 5.69 Å². The van der Waals surface area contributed by atoms with Crippen molar-refractivity contribution in [3.63, 3.8) is 0 Å². The highest BCUT2D eigenvalue weighted by Gasteiger charge is 2.22. The zero-order chi connectivity index (χ0) is 15.3. The molecule has 10 nitrogen and oxygen atoms in total. The van der Waals surface area contributed by atoms with Crippen molar-refractivity contribution < 1.29 is 13.3 Å². The van der Waals surface area contributed by atoms with Gasteiger partial charge in [0.25, 0.3) is 0 Å². The highest BCUT2D eigenvalue weighted by atomic mass is 32.2. The van der Waals surface area contributed by atoms with E-state index in [1.165, 1.54) is 14.0 Å². The fraction of sp³-hybridized carbons (Fsp3) is 0.556. The van der Waals surface area contributed by atoms with Gasteiger partial charge in [-0.3, -0.25) is 10.1 Å². The van der Waals surface area contributed by atoms with E-state index in [9.17, 15) is 18.5 Å². The lowest BCUT2D eigenvalue weighted by Gasteiger charge is -2.09. The van der Waals surface area contributed by atoms with Crippen LogP contribution in [0.25, 0.3) is 0 Å². The summed E-state index contributed by atoms with van der Waals surface area (Å²) in [7, 11) is -0.513. The van der Waals surface area contributed by atoms with Crippen LogP contribution in [0.15, 0.2) is 0 Å². The van der Waals surface area contributed by atoms with Crippen molar-refractivity contribution in [1.82, 2.24) is 14.7 Å². The van der Waals surface area contributed by atoms with E-state index < -0.39 is 14.9 Å². The van der Waals surface area contributed by atoms with E-state index in [1.807, 2.05) is 0 Å². The zero-order valence-electron chi connectivity index (χ0n) is 11.3. The Morgan fingerprint density at radius 3 is 2.45 bits per heavy atom. The second-order valence-electron chi connectivity index (χ2n) is 3.79. The zero-order valence-corrected chi connectivity index (χ0v) is 12.1. The predicted molar refractivity (Wildman–Crippen MR) is 74.3 cm³/mol. The molecule has 1 aromatic heterocycles. The van der Waals surface area contributed by atoms with Crippen molar-refractivity contribution >= 4 is 27.5 Å². The molecule has 1 rings (SSSR count). The van der Waals surface area contributed by atoms with Gasteiger partial charge in [-0.15, -0.1) is 0 Å². The quantitative estimate of drug-likeness (QED) is 0.460. The fourth-order valence-corrected chi connectivity index (χ4v) is 2.00. The SMILES string of the molecule is CNc1nc(C)c([N+](=O)[O-])c(NCCS(=O)(=O)NC)n1. The highest BCUT2D eigenvalue weighted by Crippen LogP contribution is 2.26. The first kappa shape index (κ1) is 16.0. The molecule has 11 heteroatoms. The largest absolute Gasteiger partial charge is 0.363 e. The number of anilines is 2. The fourth-order valence-electron chi connectivity index (χ4n) is 1.43. The van der Waals surface area contributed by atoms with Crippen molar-refractivity contribution in [3.8, 4) is 0 Å². The Kier molecular flexibility index (Phi) is 5.16. The second kappa shape index (κ2) is 6.43. The topological polar surface area (TPSA) is 139 Å². The molecule has 20 heavy (non-hydrogen) atoms. The summed E-state index contributed by atoms with van der Waals surface area (Å²) < 4.78 is 24.7. The Labute approximate surface area is 116 Å². The Morgan fingerprint density at radius 1 is 1.30 bits per heavy atom. The summed E-state index contributed by atoms with van der Waals surface area (Å²) >= 11 is 0. The first-order valence-electron chi connectivity index (χ1n) is 5.66. The first-order valence-corrected chi connectivity index (χ1v) is 7.32. The second-order valence-corrected chi connectivity index (χ2v) is 5.83. The van der Waals surface area contributed by atoms with Gasteiger partial charge < -0.3 is 10.6 Å². The maximum atomic E-state index is 11.3. The number of aryl methyl sites for hydroxylation is 1. The molecule has 3 N–H and O–H groups in total. The molecular weight excluding hydrogens is 288 g/mol. The van der Waals surface area contributed by atoms with Crippen molar-refractivity contribution in [3.05, 3.63) is 15.8 Å². The summed E-state index contributed by atoms with van der Waals surface area (Å²) in [5, 5.41) is 16.3. The molecule has 0 aromatic carbocycles. The molecule has 0 spiro atoms. The van der Waals surface area contributed by atoms with E-state index >= 15 is 0 Å². The molecule has 0 saturated carbocycles. The first-order chi connectivity index (χ1) is 9.30. The molecule has 0 aliphatic carbocycles. The lowest BCUT2D eigenvalue weighted by Crippen LogP contribution is -2.26. The number of hydrogen-bond acceptors (Lipinski definition) is 8. The molecule has 0 aliphatic heterocycles. The van der Waals surface area contributed by atoms with Crippen LogP contribution in [0.4, 0.5) is 17.5 Å². The van der Waals surface area contributed by atoms with Gasteiger partial charge in [0.2, 0.25) is 21.8 Å². The minimum atomic E-state index is -3.39. The van der Waals surface area contributed by atoms with Crippen LogP contribution in [0, 0.1) is 17.0 Å². The number of nitrogens with one attached hydrogen (secondary N) is 3. The van der Waals surface area contributed by atoms with Crippen molar-refractivity contribution in [2.75, 3.05) is 37.0 Å². The van der Waals surface area contributed by atoms with Crippen LogP contribution >= 0.6 is 0 Å². The van der Waals surface area contributed by atoms with Crippen LogP contribution in [0.5, 0.6) is 0 Å². The summed E-state index contributed by atoms with van der Waals surface area (Å²) in [6.45, 7) is 1.47. The smallest absolute Gasteiger partial charge is 0.332 e. The number of nitrogens with zero attached hydrogens (tertiary/aromatic N) is 3. The summed E-state index contributed by atoms with van der Waals surface area (Å²) in [6.07, 6.45) is 0. The molecule has 0 unspecified atom stereocenters. The Bertz CT molecular complexity index is 603. The van der Waals surface area contributed by atoms with Crippen molar-refractivity contribution in [2.45, 2.75) is 6.92 Å². The molecular formula is C9H16N6O4S. The molecule has 0 aliphatic rings. The van der Waals surface area contributed by atoms with Gasteiger partial charge in [-0.05, 0) is 14.0 Å². The number of nitro groups is 1. The Balaban J connectivity index is 2.98. The lowest BCUT2D eigenvalue weighted by molar-refractivity contribution is -0.385. The van der Waals surface area contributed by atoms with Gasteiger partial charge >= 0.3 is 5.69 Å². The van der Waals surface area contributed by atoms with Gasteiger partial charge in [0.05, 0.1) is 10.7 Å². The molecule has 0 radical (unpaired) electrons. The molecule has 0 amide bonds. The van der Waals surface area contributed by atoms with Crippen LogP contribution in [0.2, 0.25) is 0 Å². The van der Waals surface area contributed by atoms with Gasteiger partial charge in [0.15, 0.2) is 0 Å². The summed E-state index contributed by atoms with van der Waals surface area (Å²) in [5.41, 5.74) is -0.0841. The van der Waals surface area contributed by atoms with E-state index in [0.717, 1.165) is 0 Å². The average Bonchev–Trinajstić information content (AvgIpc) is 2.37. The molecule has 1 aromatic rings. The Morgan fingerprint density at radius 2 is 1.95 bits per heavy atom. The summed E-state index contributed by atoms with van der Waals surface area (Å²) in [5.74, 6) is -0.0243. The maximum Gasteiger partial charge on any atom is 0.332 e. The summed E-state index contributed by atoms with van der Waals surface area (Å²) in [6, 6.07) is 0. The monoisotopic (exact) mass is 304 g/mol. The molecule has 0 atom stereocenters. The van der Waals surface area contributed by atoms with Gasteiger partial charge in [-0.2, -0.15) is 4.98 Å². The van der Waals surface area contributed by atoms with Crippen molar-refractivity contribution in [2.24, 2.45) is 0 Å². The average molecular weight is 304 g/mol. The normalized spacial score (nSPS) is 11.2. The van der Waals surface area contributed by atoms with Crippen LogP contribution in [-0.4, -0.2) is 49.7 Å². The molecule has 0 bridgehead atoms. The lowest BCUT2D eigenvalue weighted by atomic mass is 10.3. The summed E-state index contributed by atoms with van der Waals surface area (Å²) in [4.78, 5) is 18.2. The third-order valence-corrected chi connectivity index (χ3v) is 3.80. The Hall–Kier alpha value is -2.01. The van der Waals surface area contributed by atoms with Gasteiger partial charge in [-0.1, -0.05) is 0 Å². The van der Waals surface area contributed by atoms with Gasteiger partial charge in [0.1, 0.15) is 5.69 Å². The molecule has 0 saturated heterocycles. The maximum absolute atomic E-state index is 11.3. The third kappa shape index (κ3) is 3.99. The minimum Gasteiger partial charge on any atom is -0.363 e. The number of aromatic nitrogens is 2. The van der Waals surface area contributed by atoms with Crippen LogP contribution < -0.4 is 15.4 Å². The van der Waals surface area contributed by atoms with Gasteiger partial charge in [0, 0.05) is 13.6 Å². The minimum absolute atomic E-state index is 0.0103. The standard InChI is InChI=1S/C9H16N6O4S/c1-6-7(15(16)17)8(14-9(10-2)13-6)12-4-5-20(18,19)11-3/h11H,4-5H2,1-3H3,(H2,10,12,13,14). The van der Waals surface area contributed by atoms with E-state index in [2.05, 4.69) is 25.3 Å². The van der Waals surface area contributed by atoms with E-state index in [1.54, 1.807) is 7.05 Å².